The van der Waals surface area contributed by atoms with Crippen molar-refractivity contribution in [2.24, 2.45) is 0 Å². The zero-order valence-corrected chi connectivity index (χ0v) is 27.2. The molecule has 5 heteroatoms. The second-order valence-electron chi connectivity index (χ2n) is 12.6. The number of unbranched alkanes of at least 4 members (excludes halogenated alkanes) is 3. The van der Waals surface area contributed by atoms with Crippen LogP contribution >= 0.6 is 0 Å². The summed E-state index contributed by atoms with van der Waals surface area (Å²) in [7, 11) is 0. The maximum atomic E-state index is 14.2. The first-order chi connectivity index (χ1) is 17.1. The monoisotopic (exact) mass is 607 g/mol. The maximum absolute atomic E-state index is 14.2. The predicted molar refractivity (Wildman–Crippen MR) is 153 cm³/mol. The number of carbonyl (C=O) groups is 1. The second-order valence-corrected chi connectivity index (χ2v) is 26.2. The molecule has 3 rings (SSSR count). The third-order valence-electron chi connectivity index (χ3n) is 8.80. The van der Waals surface area contributed by atoms with Gasteiger partial charge in [-0.2, -0.15) is 0 Å². The summed E-state index contributed by atoms with van der Waals surface area (Å²) in [6, 6.07) is 9.01. The molecule has 1 aliphatic heterocycles. The first kappa shape index (κ1) is 29.8. The van der Waals surface area contributed by atoms with Gasteiger partial charge in [0.25, 0.3) is 0 Å². The summed E-state index contributed by atoms with van der Waals surface area (Å²) in [4.78, 5) is 16.1. The van der Waals surface area contributed by atoms with Crippen molar-refractivity contribution in [3.63, 3.8) is 0 Å². The number of benzene rings is 1. The van der Waals surface area contributed by atoms with Crippen LogP contribution in [0.1, 0.15) is 117 Å². The van der Waals surface area contributed by atoms with Gasteiger partial charge in [-0.3, -0.25) is 0 Å². The van der Waals surface area contributed by atoms with Crippen molar-refractivity contribution in [3.05, 3.63) is 35.4 Å². The minimum atomic E-state index is -2.97. The summed E-state index contributed by atoms with van der Waals surface area (Å²) in [6.07, 6.45) is 10.8. The van der Waals surface area contributed by atoms with Gasteiger partial charge in [-0.15, -0.1) is 0 Å². The predicted octanol–water partition coefficient (Wildman–Crippen LogP) is 8.85. The molecule has 4 nitrogen and oxygen atoms in total. The molecule has 36 heavy (non-hydrogen) atoms. The molecule has 2 aliphatic rings. The van der Waals surface area contributed by atoms with Crippen molar-refractivity contribution in [2.45, 2.75) is 141 Å². The van der Waals surface area contributed by atoms with Crippen LogP contribution < -0.4 is 0 Å². The van der Waals surface area contributed by atoms with Gasteiger partial charge in [0.05, 0.1) is 0 Å². The summed E-state index contributed by atoms with van der Waals surface area (Å²) in [5.41, 5.74) is 1.92. The van der Waals surface area contributed by atoms with E-state index in [2.05, 4.69) is 58.9 Å². The van der Waals surface area contributed by atoms with E-state index in [4.69, 9.17) is 9.47 Å². The number of fused-ring (bicyclic) bond motifs is 1. The molecule has 0 aromatic heterocycles. The number of amides is 1. The van der Waals surface area contributed by atoms with E-state index in [1.165, 1.54) is 69.4 Å². The Morgan fingerprint density at radius 1 is 1.03 bits per heavy atom. The Hall–Kier alpha value is -0.751. The zero-order chi connectivity index (χ0) is 26.4. The summed E-state index contributed by atoms with van der Waals surface area (Å²) in [5.74, 6) is 0.343. The van der Waals surface area contributed by atoms with Gasteiger partial charge < -0.3 is 0 Å². The molecule has 1 heterocycles. The SMILES string of the molecule is CCC[CH2][Sn]([CH2]CCC)([CH2]CCC)[C@H](OC(=O)N1C(C)(C)COC1(C)C)[C@@H]1CCCc2ccccc21. The fourth-order valence-electron chi connectivity index (χ4n) is 6.97. The Labute approximate surface area is 225 Å². The molecule has 0 unspecified atom stereocenters. The van der Waals surface area contributed by atoms with Gasteiger partial charge in [0, 0.05) is 0 Å². The molecule has 0 spiro atoms. The van der Waals surface area contributed by atoms with Crippen molar-refractivity contribution < 1.29 is 14.3 Å². The molecule has 2 atom stereocenters. The summed E-state index contributed by atoms with van der Waals surface area (Å²) >= 11 is -2.97. The quantitative estimate of drug-likeness (QED) is 0.223. The van der Waals surface area contributed by atoms with Crippen LogP contribution in [0.25, 0.3) is 0 Å². The van der Waals surface area contributed by atoms with E-state index >= 15 is 0 Å². The van der Waals surface area contributed by atoms with Crippen molar-refractivity contribution >= 4 is 24.5 Å². The van der Waals surface area contributed by atoms with E-state index in [-0.39, 0.29) is 15.8 Å². The van der Waals surface area contributed by atoms with E-state index < -0.39 is 24.1 Å². The van der Waals surface area contributed by atoms with Gasteiger partial charge in [-0.1, -0.05) is 0 Å². The van der Waals surface area contributed by atoms with Crippen LogP contribution in [-0.4, -0.2) is 51.4 Å². The molecule has 1 amide bonds. The van der Waals surface area contributed by atoms with Crippen LogP contribution in [-0.2, 0) is 15.9 Å². The first-order valence-electron chi connectivity index (χ1n) is 14.8. The van der Waals surface area contributed by atoms with Gasteiger partial charge >= 0.3 is 227 Å². The molecular formula is C31H53NO3Sn. The molecule has 1 aromatic carbocycles. The fraction of sp³-hybridized carbons (Fsp3) is 0.774. The van der Waals surface area contributed by atoms with Crippen molar-refractivity contribution in [3.8, 4) is 0 Å². The van der Waals surface area contributed by atoms with Crippen molar-refractivity contribution in [1.82, 2.24) is 4.90 Å². The zero-order valence-electron chi connectivity index (χ0n) is 24.3. The fourth-order valence-corrected chi connectivity index (χ4v) is 25.0. The van der Waals surface area contributed by atoms with Gasteiger partial charge in [0.1, 0.15) is 0 Å². The first-order valence-corrected chi connectivity index (χ1v) is 22.5. The second kappa shape index (κ2) is 12.9. The Balaban J connectivity index is 2.09. The van der Waals surface area contributed by atoms with Crippen LogP contribution in [0.4, 0.5) is 4.79 Å². The molecule has 1 saturated heterocycles. The normalized spacial score (nSPS) is 21.8. The number of nitrogens with zero attached hydrogens (tertiary/aromatic N) is 1. The van der Waals surface area contributed by atoms with Crippen LogP contribution in [0.2, 0.25) is 13.3 Å². The number of hydrogen-bond donors (Lipinski definition) is 0. The third-order valence-corrected chi connectivity index (χ3v) is 25.3. The van der Waals surface area contributed by atoms with E-state index in [9.17, 15) is 4.79 Å². The van der Waals surface area contributed by atoms with Crippen LogP contribution in [0.5, 0.6) is 0 Å². The topological polar surface area (TPSA) is 38.8 Å². The van der Waals surface area contributed by atoms with Gasteiger partial charge in [-0.05, 0) is 0 Å². The molecule has 204 valence electrons. The average molecular weight is 606 g/mol. The number of carbonyl (C=O) groups excluding carboxylic acids is 1. The molecule has 0 radical (unpaired) electrons. The summed E-state index contributed by atoms with van der Waals surface area (Å²) in [6.45, 7) is 15.7. The van der Waals surface area contributed by atoms with E-state index in [1.807, 2.05) is 18.7 Å². The minimum absolute atomic E-state index is 0.0881. The van der Waals surface area contributed by atoms with E-state index in [1.54, 1.807) is 0 Å². The summed E-state index contributed by atoms with van der Waals surface area (Å²) in [5, 5.41) is 0. The summed E-state index contributed by atoms with van der Waals surface area (Å²) < 4.78 is 17.2. The van der Waals surface area contributed by atoms with Crippen LogP contribution in [0.15, 0.2) is 24.3 Å². The Morgan fingerprint density at radius 3 is 2.14 bits per heavy atom. The molecule has 0 saturated carbocycles. The molecule has 0 N–H and O–H groups in total. The molecule has 1 aromatic rings. The van der Waals surface area contributed by atoms with Gasteiger partial charge in [0.15, 0.2) is 0 Å². The van der Waals surface area contributed by atoms with Gasteiger partial charge in [0.2, 0.25) is 0 Å². The number of rotatable bonds is 12. The van der Waals surface area contributed by atoms with Gasteiger partial charge in [-0.25, -0.2) is 0 Å². The third kappa shape index (κ3) is 6.62. The van der Waals surface area contributed by atoms with Crippen LogP contribution in [0.3, 0.4) is 0 Å². The van der Waals surface area contributed by atoms with Crippen LogP contribution in [0, 0.1) is 0 Å². The number of aryl methyl sites for hydroxylation is 1. The van der Waals surface area contributed by atoms with E-state index in [0.717, 1.165) is 12.8 Å². The Kier molecular flexibility index (Phi) is 10.6. The standard InChI is InChI=1S/C19H26NO3.3C4H9.Sn/c1-18(2)13-23-19(3,4)20(18)17(21)22-12-15-10-7-9-14-8-5-6-11-16(14)15;3*1-3-4-2;/h5-6,8,11-12,15H,7,9-10,13H2,1-4H3;3*1,3-4H2,2H3;/t15-;;;;/m0..../s1. The molecular weight excluding hydrogens is 553 g/mol. The Morgan fingerprint density at radius 2 is 1.61 bits per heavy atom. The molecule has 1 fully saturated rings. The Bertz CT molecular complexity index is 814. The molecule has 0 bridgehead atoms. The number of ether oxygens (including phenoxy) is 2. The van der Waals surface area contributed by atoms with Crippen molar-refractivity contribution in [2.75, 3.05) is 6.61 Å². The number of hydrogen-bond acceptors (Lipinski definition) is 3. The molecule has 1 aliphatic carbocycles. The average Bonchev–Trinajstić information content (AvgIpc) is 3.09. The van der Waals surface area contributed by atoms with E-state index in [0.29, 0.717) is 12.5 Å². The van der Waals surface area contributed by atoms with Crippen molar-refractivity contribution in [1.29, 1.82) is 0 Å².